The number of hydrogen-bond donors (Lipinski definition) is 2. The molecule has 2 aliphatic heterocycles. The van der Waals surface area contributed by atoms with Gasteiger partial charge in [0.1, 0.15) is 0 Å². The van der Waals surface area contributed by atoms with Gasteiger partial charge in [0.05, 0.1) is 0 Å². The van der Waals surface area contributed by atoms with Gasteiger partial charge in [-0.25, -0.2) is 0 Å². The fraction of sp³-hybridized carbons (Fsp3) is 1.00. The van der Waals surface area contributed by atoms with Crippen molar-refractivity contribution in [1.29, 1.82) is 0 Å². The van der Waals surface area contributed by atoms with Crippen molar-refractivity contribution in [3.63, 3.8) is 0 Å². The summed E-state index contributed by atoms with van der Waals surface area (Å²) in [5.74, 6) is 0.880. The molecule has 0 aromatic carbocycles. The van der Waals surface area contributed by atoms with Crippen molar-refractivity contribution in [2.75, 3.05) is 32.8 Å². The Morgan fingerprint density at radius 1 is 1.25 bits per heavy atom. The van der Waals surface area contributed by atoms with Crippen LogP contribution in [-0.4, -0.2) is 38.4 Å². The normalized spacial score (nSPS) is 26.1. The highest BCUT2D eigenvalue weighted by molar-refractivity contribution is 5.85. The summed E-state index contributed by atoms with van der Waals surface area (Å²) in [6.45, 7) is 7.79. The minimum Gasteiger partial charge on any atom is -0.381 e. The van der Waals surface area contributed by atoms with Gasteiger partial charge in [-0.2, -0.15) is 0 Å². The minimum absolute atomic E-state index is 0. The smallest absolute Gasteiger partial charge is 0.0483 e. The van der Waals surface area contributed by atoms with Crippen molar-refractivity contribution >= 4 is 12.4 Å². The van der Waals surface area contributed by atoms with E-state index in [1.807, 2.05) is 0 Å². The summed E-state index contributed by atoms with van der Waals surface area (Å²) in [6, 6.07) is 0. The molecule has 4 heteroatoms. The lowest BCUT2D eigenvalue weighted by Crippen LogP contribution is -2.49. The van der Waals surface area contributed by atoms with Crippen LogP contribution in [0.25, 0.3) is 0 Å². The number of nitrogens with one attached hydrogen (secondary N) is 2. The summed E-state index contributed by atoms with van der Waals surface area (Å²) in [5.41, 5.74) is 0.336. The van der Waals surface area contributed by atoms with Gasteiger partial charge in [-0.3, -0.25) is 0 Å². The van der Waals surface area contributed by atoms with Crippen LogP contribution in [-0.2, 0) is 4.74 Å². The maximum atomic E-state index is 5.41. The molecule has 0 aliphatic carbocycles. The molecule has 0 bridgehead atoms. The zero-order valence-electron chi connectivity index (χ0n) is 10.3. The number of ether oxygens (including phenoxy) is 1. The monoisotopic (exact) mass is 248 g/mol. The Labute approximate surface area is 105 Å². The molecule has 0 saturated carbocycles. The summed E-state index contributed by atoms with van der Waals surface area (Å²) in [5, 5.41) is 7.17. The topological polar surface area (TPSA) is 33.3 Å². The predicted molar refractivity (Wildman–Crippen MR) is 69.3 cm³/mol. The zero-order chi connectivity index (χ0) is 10.6. The maximum Gasteiger partial charge on any atom is 0.0483 e. The first kappa shape index (κ1) is 14.2. The Bertz CT molecular complexity index is 189. The molecule has 2 heterocycles. The van der Waals surface area contributed by atoms with E-state index in [1.165, 1.54) is 32.5 Å². The molecule has 0 atom stereocenters. The fourth-order valence-corrected chi connectivity index (χ4v) is 2.48. The largest absolute Gasteiger partial charge is 0.381 e. The first-order chi connectivity index (χ1) is 7.29. The third-order valence-corrected chi connectivity index (χ3v) is 3.87. The van der Waals surface area contributed by atoms with Gasteiger partial charge in [0.15, 0.2) is 0 Å². The Morgan fingerprint density at radius 3 is 2.50 bits per heavy atom. The molecule has 2 aliphatic rings. The van der Waals surface area contributed by atoms with Crippen LogP contribution in [0.15, 0.2) is 0 Å². The van der Waals surface area contributed by atoms with Crippen LogP contribution in [0.1, 0.15) is 32.6 Å². The summed E-state index contributed by atoms with van der Waals surface area (Å²) >= 11 is 0. The standard InChI is InChI=1S/C12H24N2O.ClH/c1-12(4-8-15-9-5-12)14-10-11-2-6-13-7-3-11;/h11,13-14H,2-10H2,1H3;1H. The molecular weight excluding hydrogens is 224 g/mol. The van der Waals surface area contributed by atoms with Crippen LogP contribution >= 0.6 is 12.4 Å². The first-order valence-corrected chi connectivity index (χ1v) is 6.32. The molecular formula is C12H25ClN2O. The molecule has 3 nitrogen and oxygen atoms in total. The van der Waals surface area contributed by atoms with Gasteiger partial charge in [0.25, 0.3) is 0 Å². The summed E-state index contributed by atoms with van der Waals surface area (Å²) in [4.78, 5) is 0. The Kier molecular flexibility index (Phi) is 6.05. The van der Waals surface area contributed by atoms with E-state index in [2.05, 4.69) is 17.6 Å². The van der Waals surface area contributed by atoms with E-state index in [4.69, 9.17) is 4.74 Å². The third-order valence-electron chi connectivity index (χ3n) is 3.87. The van der Waals surface area contributed by atoms with Crippen LogP contribution in [0.5, 0.6) is 0 Å². The number of halogens is 1. The van der Waals surface area contributed by atoms with E-state index in [9.17, 15) is 0 Å². The second-order valence-electron chi connectivity index (χ2n) is 5.25. The predicted octanol–water partition coefficient (Wildman–Crippen LogP) is 1.57. The van der Waals surface area contributed by atoms with Gasteiger partial charge in [-0.05, 0) is 58.2 Å². The van der Waals surface area contributed by atoms with Crippen molar-refractivity contribution < 1.29 is 4.74 Å². The van der Waals surface area contributed by atoms with E-state index in [-0.39, 0.29) is 12.4 Å². The van der Waals surface area contributed by atoms with Crippen LogP contribution in [0.3, 0.4) is 0 Å². The fourth-order valence-electron chi connectivity index (χ4n) is 2.48. The van der Waals surface area contributed by atoms with E-state index in [0.29, 0.717) is 5.54 Å². The average molecular weight is 249 g/mol. The maximum absolute atomic E-state index is 5.41. The highest BCUT2D eigenvalue weighted by atomic mass is 35.5. The zero-order valence-corrected chi connectivity index (χ0v) is 11.1. The lowest BCUT2D eigenvalue weighted by Gasteiger charge is -2.36. The van der Waals surface area contributed by atoms with Gasteiger partial charge < -0.3 is 15.4 Å². The third kappa shape index (κ3) is 4.21. The van der Waals surface area contributed by atoms with Gasteiger partial charge in [0.2, 0.25) is 0 Å². The van der Waals surface area contributed by atoms with Crippen LogP contribution in [0, 0.1) is 5.92 Å². The molecule has 2 saturated heterocycles. The van der Waals surface area contributed by atoms with Crippen LogP contribution < -0.4 is 10.6 Å². The highest BCUT2D eigenvalue weighted by Crippen LogP contribution is 2.21. The van der Waals surface area contributed by atoms with Crippen molar-refractivity contribution in [2.45, 2.75) is 38.1 Å². The van der Waals surface area contributed by atoms with Crippen molar-refractivity contribution in [3.05, 3.63) is 0 Å². The highest BCUT2D eigenvalue weighted by Gasteiger charge is 2.27. The summed E-state index contributed by atoms with van der Waals surface area (Å²) < 4.78 is 5.41. The second-order valence-corrected chi connectivity index (χ2v) is 5.25. The van der Waals surface area contributed by atoms with Gasteiger partial charge in [-0.15, -0.1) is 12.4 Å². The van der Waals surface area contributed by atoms with E-state index in [0.717, 1.165) is 32.0 Å². The van der Waals surface area contributed by atoms with Crippen LogP contribution in [0.4, 0.5) is 0 Å². The molecule has 2 fully saturated rings. The van der Waals surface area contributed by atoms with E-state index >= 15 is 0 Å². The molecule has 0 spiro atoms. The second kappa shape index (κ2) is 6.80. The van der Waals surface area contributed by atoms with Crippen molar-refractivity contribution in [2.24, 2.45) is 5.92 Å². The SMILES string of the molecule is CC1(NCC2CCNCC2)CCOCC1.Cl. The van der Waals surface area contributed by atoms with E-state index < -0.39 is 0 Å². The molecule has 0 aromatic rings. The quantitative estimate of drug-likeness (QED) is 0.796. The Balaban J connectivity index is 0.00000128. The number of hydrogen-bond acceptors (Lipinski definition) is 3. The summed E-state index contributed by atoms with van der Waals surface area (Å²) in [6.07, 6.45) is 5.00. The van der Waals surface area contributed by atoms with Crippen molar-refractivity contribution in [1.82, 2.24) is 10.6 Å². The summed E-state index contributed by atoms with van der Waals surface area (Å²) in [7, 11) is 0. The molecule has 2 N–H and O–H groups in total. The minimum atomic E-state index is 0. The molecule has 16 heavy (non-hydrogen) atoms. The van der Waals surface area contributed by atoms with E-state index in [1.54, 1.807) is 0 Å². The van der Waals surface area contributed by atoms with Gasteiger partial charge >= 0.3 is 0 Å². The molecule has 2 rings (SSSR count). The van der Waals surface area contributed by atoms with Gasteiger partial charge in [0, 0.05) is 18.8 Å². The lowest BCUT2D eigenvalue weighted by atomic mass is 9.90. The first-order valence-electron chi connectivity index (χ1n) is 6.32. The number of piperidine rings is 1. The molecule has 0 unspecified atom stereocenters. The molecule has 0 aromatic heterocycles. The van der Waals surface area contributed by atoms with Gasteiger partial charge in [-0.1, -0.05) is 0 Å². The number of rotatable bonds is 3. The Hall–Kier alpha value is 0.170. The van der Waals surface area contributed by atoms with Crippen molar-refractivity contribution in [3.8, 4) is 0 Å². The molecule has 0 amide bonds. The Morgan fingerprint density at radius 2 is 1.88 bits per heavy atom. The average Bonchev–Trinajstić information content (AvgIpc) is 2.29. The molecule has 96 valence electrons. The molecule has 0 radical (unpaired) electrons. The van der Waals surface area contributed by atoms with Crippen LogP contribution in [0.2, 0.25) is 0 Å². The lowest BCUT2D eigenvalue weighted by molar-refractivity contribution is 0.0431.